The SMILES string of the molecule is COc1ccc(-n2ccnc2SCc2nc3ccccc3s2)cc1. The van der Waals surface area contributed by atoms with E-state index in [9.17, 15) is 0 Å². The van der Waals surface area contributed by atoms with Crippen molar-refractivity contribution in [2.24, 2.45) is 0 Å². The van der Waals surface area contributed by atoms with Crippen LogP contribution in [0.5, 0.6) is 5.75 Å². The molecule has 0 saturated carbocycles. The first-order valence-corrected chi connectivity index (χ1v) is 9.29. The lowest BCUT2D eigenvalue weighted by Gasteiger charge is -2.07. The van der Waals surface area contributed by atoms with Gasteiger partial charge < -0.3 is 4.74 Å². The molecule has 6 heteroatoms. The number of para-hydroxylation sites is 1. The van der Waals surface area contributed by atoms with Gasteiger partial charge in [-0.05, 0) is 36.4 Å². The number of hydrogen-bond donors (Lipinski definition) is 0. The first kappa shape index (κ1) is 15.2. The predicted molar refractivity (Wildman–Crippen MR) is 99.3 cm³/mol. The number of hydrogen-bond acceptors (Lipinski definition) is 5. The highest BCUT2D eigenvalue weighted by Crippen LogP contribution is 2.29. The Morgan fingerprint density at radius 2 is 1.96 bits per heavy atom. The molecule has 0 radical (unpaired) electrons. The summed E-state index contributed by atoms with van der Waals surface area (Å²) >= 11 is 3.44. The van der Waals surface area contributed by atoms with Gasteiger partial charge in [0, 0.05) is 18.1 Å². The van der Waals surface area contributed by atoms with Gasteiger partial charge in [0.1, 0.15) is 10.8 Å². The van der Waals surface area contributed by atoms with Crippen molar-refractivity contribution in [1.82, 2.24) is 14.5 Å². The molecule has 4 nitrogen and oxygen atoms in total. The Bertz CT molecular complexity index is 927. The number of fused-ring (bicyclic) bond motifs is 1. The van der Waals surface area contributed by atoms with Crippen molar-refractivity contribution in [3.8, 4) is 11.4 Å². The summed E-state index contributed by atoms with van der Waals surface area (Å²) in [6.45, 7) is 0. The summed E-state index contributed by atoms with van der Waals surface area (Å²) in [7, 11) is 1.67. The van der Waals surface area contributed by atoms with Gasteiger partial charge >= 0.3 is 0 Å². The second-order valence-corrected chi connectivity index (χ2v) is 7.20. The van der Waals surface area contributed by atoms with E-state index in [-0.39, 0.29) is 0 Å². The van der Waals surface area contributed by atoms with E-state index >= 15 is 0 Å². The third-order valence-electron chi connectivity index (χ3n) is 3.62. The number of nitrogens with zero attached hydrogens (tertiary/aromatic N) is 3. The molecule has 4 rings (SSSR count). The molecule has 0 aliphatic carbocycles. The van der Waals surface area contributed by atoms with Crippen LogP contribution in [0, 0.1) is 0 Å². The summed E-state index contributed by atoms with van der Waals surface area (Å²) in [6.07, 6.45) is 3.80. The summed E-state index contributed by atoms with van der Waals surface area (Å²) in [5.74, 6) is 1.66. The Morgan fingerprint density at radius 3 is 2.75 bits per heavy atom. The fraction of sp³-hybridized carbons (Fsp3) is 0.111. The number of methoxy groups -OCH3 is 1. The summed E-state index contributed by atoms with van der Waals surface area (Å²) in [5, 5.41) is 2.07. The molecule has 0 unspecified atom stereocenters. The number of rotatable bonds is 5. The number of thiazole rings is 1. The molecule has 120 valence electrons. The fourth-order valence-electron chi connectivity index (χ4n) is 2.44. The summed E-state index contributed by atoms with van der Waals surface area (Å²) < 4.78 is 8.52. The zero-order valence-electron chi connectivity index (χ0n) is 13.0. The van der Waals surface area contributed by atoms with E-state index < -0.39 is 0 Å². The van der Waals surface area contributed by atoms with Crippen molar-refractivity contribution >= 4 is 33.3 Å². The van der Waals surface area contributed by atoms with Crippen LogP contribution < -0.4 is 4.74 Å². The molecule has 2 heterocycles. The molecule has 0 atom stereocenters. The van der Waals surface area contributed by atoms with Crippen molar-refractivity contribution in [2.75, 3.05) is 7.11 Å². The Morgan fingerprint density at radius 1 is 1.12 bits per heavy atom. The number of ether oxygens (including phenoxy) is 1. The Kier molecular flexibility index (Phi) is 4.23. The average molecular weight is 353 g/mol. The molecule has 4 aromatic rings. The number of aromatic nitrogens is 3. The monoisotopic (exact) mass is 353 g/mol. The number of thioether (sulfide) groups is 1. The van der Waals surface area contributed by atoms with Crippen LogP contribution in [-0.4, -0.2) is 21.6 Å². The zero-order valence-corrected chi connectivity index (χ0v) is 14.7. The maximum atomic E-state index is 5.21. The van der Waals surface area contributed by atoms with Crippen molar-refractivity contribution in [3.05, 3.63) is 65.9 Å². The van der Waals surface area contributed by atoms with E-state index in [0.717, 1.165) is 32.9 Å². The van der Waals surface area contributed by atoms with Gasteiger partial charge in [0.15, 0.2) is 5.16 Å². The molecule has 24 heavy (non-hydrogen) atoms. The molecule has 0 N–H and O–H groups in total. The van der Waals surface area contributed by atoms with E-state index in [1.165, 1.54) is 4.70 Å². The molecule has 2 aromatic heterocycles. The fourth-order valence-corrected chi connectivity index (χ4v) is 4.38. The van der Waals surface area contributed by atoms with Gasteiger partial charge in [0.2, 0.25) is 0 Å². The van der Waals surface area contributed by atoms with Crippen LogP contribution in [0.3, 0.4) is 0 Å². The molecule has 0 aliphatic rings. The number of benzene rings is 2. The first-order valence-electron chi connectivity index (χ1n) is 7.48. The van der Waals surface area contributed by atoms with Gasteiger partial charge in [-0.25, -0.2) is 9.97 Å². The Balaban J connectivity index is 1.53. The van der Waals surface area contributed by atoms with E-state index in [2.05, 4.69) is 26.7 Å². The van der Waals surface area contributed by atoms with Crippen LogP contribution in [0.1, 0.15) is 5.01 Å². The predicted octanol–water partition coefficient (Wildman–Crippen LogP) is 4.78. The van der Waals surface area contributed by atoms with E-state index in [1.54, 1.807) is 30.2 Å². The lowest BCUT2D eigenvalue weighted by atomic mass is 10.3. The van der Waals surface area contributed by atoms with E-state index in [1.807, 2.05) is 48.8 Å². The highest BCUT2D eigenvalue weighted by atomic mass is 32.2. The molecule has 0 aliphatic heterocycles. The quantitative estimate of drug-likeness (QED) is 0.484. The maximum Gasteiger partial charge on any atom is 0.172 e. The van der Waals surface area contributed by atoms with Gasteiger partial charge in [-0.3, -0.25) is 4.57 Å². The lowest BCUT2D eigenvalue weighted by molar-refractivity contribution is 0.414. The van der Waals surface area contributed by atoms with Crippen LogP contribution in [0.2, 0.25) is 0 Å². The molecule has 2 aromatic carbocycles. The molecular formula is C18H15N3OS2. The van der Waals surface area contributed by atoms with Crippen LogP contribution in [0.4, 0.5) is 0 Å². The topological polar surface area (TPSA) is 39.9 Å². The maximum absolute atomic E-state index is 5.21. The van der Waals surface area contributed by atoms with Gasteiger partial charge in [-0.2, -0.15) is 0 Å². The smallest absolute Gasteiger partial charge is 0.172 e. The first-order chi connectivity index (χ1) is 11.8. The highest BCUT2D eigenvalue weighted by molar-refractivity contribution is 7.98. The van der Waals surface area contributed by atoms with Crippen LogP contribution >= 0.6 is 23.1 Å². The molecule has 0 bridgehead atoms. The second kappa shape index (κ2) is 6.67. The Hall–Kier alpha value is -2.31. The van der Waals surface area contributed by atoms with Gasteiger partial charge in [-0.1, -0.05) is 23.9 Å². The third kappa shape index (κ3) is 3.02. The molecular weight excluding hydrogens is 338 g/mol. The largest absolute Gasteiger partial charge is 0.497 e. The molecule has 0 fully saturated rings. The Labute approximate surface area is 148 Å². The third-order valence-corrected chi connectivity index (χ3v) is 5.82. The lowest BCUT2D eigenvalue weighted by Crippen LogP contribution is -1.95. The van der Waals surface area contributed by atoms with Crippen LogP contribution in [-0.2, 0) is 5.75 Å². The van der Waals surface area contributed by atoms with Crippen molar-refractivity contribution in [1.29, 1.82) is 0 Å². The van der Waals surface area contributed by atoms with E-state index in [4.69, 9.17) is 4.74 Å². The normalized spacial score (nSPS) is 11.0. The van der Waals surface area contributed by atoms with Crippen LogP contribution in [0.15, 0.2) is 66.1 Å². The second-order valence-electron chi connectivity index (χ2n) is 5.14. The van der Waals surface area contributed by atoms with E-state index in [0.29, 0.717) is 0 Å². The van der Waals surface area contributed by atoms with Gasteiger partial charge in [0.05, 0.1) is 23.1 Å². The average Bonchev–Trinajstić information content (AvgIpc) is 3.26. The standard InChI is InChI=1S/C18H15N3OS2/c1-22-14-8-6-13(7-9-14)21-11-10-19-18(21)23-12-17-20-15-4-2-3-5-16(15)24-17/h2-11H,12H2,1H3. The minimum Gasteiger partial charge on any atom is -0.497 e. The highest BCUT2D eigenvalue weighted by Gasteiger charge is 2.09. The van der Waals surface area contributed by atoms with Gasteiger partial charge in [0.25, 0.3) is 0 Å². The van der Waals surface area contributed by atoms with Crippen LogP contribution in [0.25, 0.3) is 15.9 Å². The molecule has 0 saturated heterocycles. The minimum atomic E-state index is 0.812. The molecule has 0 spiro atoms. The zero-order chi connectivity index (χ0) is 16.4. The molecule has 0 amide bonds. The summed E-state index contributed by atoms with van der Waals surface area (Å²) in [6, 6.07) is 16.2. The number of imidazole rings is 1. The van der Waals surface area contributed by atoms with Gasteiger partial charge in [-0.15, -0.1) is 11.3 Å². The van der Waals surface area contributed by atoms with Crippen molar-refractivity contribution in [3.63, 3.8) is 0 Å². The summed E-state index contributed by atoms with van der Waals surface area (Å²) in [4.78, 5) is 9.16. The van der Waals surface area contributed by atoms with Crippen molar-refractivity contribution < 1.29 is 4.74 Å². The summed E-state index contributed by atoms with van der Waals surface area (Å²) in [5.41, 5.74) is 2.14. The van der Waals surface area contributed by atoms with Crippen molar-refractivity contribution in [2.45, 2.75) is 10.9 Å². The minimum absolute atomic E-state index is 0.812.